The van der Waals surface area contributed by atoms with E-state index in [-0.39, 0.29) is 0 Å². The quantitative estimate of drug-likeness (QED) is 0.643. The molecule has 0 saturated heterocycles. The number of thiazole rings is 1. The van der Waals surface area contributed by atoms with Gasteiger partial charge in [-0.05, 0) is 59.0 Å². The normalized spacial score (nSPS) is 14.4. The zero-order valence-electron chi connectivity index (χ0n) is 13.5. The summed E-state index contributed by atoms with van der Waals surface area (Å²) in [6, 6.07) is 0.417. The largest absolute Gasteiger partial charge is 0.330 e. The summed E-state index contributed by atoms with van der Waals surface area (Å²) in [5, 5.41) is 4.80. The number of hydrogen-bond acceptors (Lipinski definition) is 4. The lowest BCUT2D eigenvalue weighted by Gasteiger charge is -2.17. The number of nitrogens with zero attached hydrogens (tertiary/aromatic N) is 1. The molecular weight excluding hydrogens is 266 g/mol. The molecule has 3 N–H and O–H groups in total. The summed E-state index contributed by atoms with van der Waals surface area (Å²) in [5.41, 5.74) is 6.87. The highest BCUT2D eigenvalue weighted by Crippen LogP contribution is 2.24. The fraction of sp³-hybridized carbons (Fsp3) is 0.812. The van der Waals surface area contributed by atoms with Gasteiger partial charge in [-0.25, -0.2) is 4.98 Å². The first kappa shape index (κ1) is 17.6. The molecule has 0 aliphatic rings. The van der Waals surface area contributed by atoms with Crippen molar-refractivity contribution >= 4 is 11.3 Å². The molecule has 1 heterocycles. The van der Waals surface area contributed by atoms with Crippen molar-refractivity contribution in [1.82, 2.24) is 10.3 Å². The average molecular weight is 298 g/mol. The predicted octanol–water partition coefficient (Wildman–Crippen LogP) is 3.96. The number of hydrogen-bond donors (Lipinski definition) is 2. The van der Waals surface area contributed by atoms with Crippen LogP contribution in [-0.4, -0.2) is 18.1 Å². The molecular formula is C16H31N3S. The monoisotopic (exact) mass is 297 g/mol. The Hall–Kier alpha value is -0.450. The lowest BCUT2D eigenvalue weighted by atomic mass is 9.94. The highest BCUT2D eigenvalue weighted by atomic mass is 32.1. The number of nitrogens with one attached hydrogen (secondary N) is 1. The van der Waals surface area contributed by atoms with E-state index >= 15 is 0 Å². The standard InChI is InChI=1S/C16H31N3S/c1-5-7-15(9-10-17)8-6-11-18-12(2)16-13(3)19-14(4)20-16/h12,15,18H,5-11,17H2,1-4H3. The molecule has 0 spiro atoms. The van der Waals surface area contributed by atoms with Crippen LogP contribution in [0.25, 0.3) is 0 Å². The molecule has 2 atom stereocenters. The van der Waals surface area contributed by atoms with Gasteiger partial charge in [-0.15, -0.1) is 11.3 Å². The second-order valence-corrected chi connectivity index (χ2v) is 6.97. The maximum atomic E-state index is 5.69. The van der Waals surface area contributed by atoms with Crippen molar-refractivity contribution in [3.8, 4) is 0 Å². The minimum Gasteiger partial charge on any atom is -0.330 e. The van der Waals surface area contributed by atoms with E-state index in [1.54, 1.807) is 0 Å². The van der Waals surface area contributed by atoms with Crippen molar-refractivity contribution in [3.05, 3.63) is 15.6 Å². The van der Waals surface area contributed by atoms with Crippen LogP contribution in [0, 0.1) is 19.8 Å². The second kappa shape index (κ2) is 9.48. The van der Waals surface area contributed by atoms with E-state index in [1.807, 2.05) is 11.3 Å². The van der Waals surface area contributed by atoms with E-state index in [2.05, 4.69) is 38.0 Å². The Morgan fingerprint density at radius 3 is 2.55 bits per heavy atom. The first-order valence-electron chi connectivity index (χ1n) is 7.95. The van der Waals surface area contributed by atoms with E-state index in [0.717, 1.165) is 24.0 Å². The van der Waals surface area contributed by atoms with Crippen molar-refractivity contribution in [2.75, 3.05) is 13.1 Å². The average Bonchev–Trinajstić information content (AvgIpc) is 2.74. The van der Waals surface area contributed by atoms with Crippen molar-refractivity contribution in [2.24, 2.45) is 11.7 Å². The molecule has 2 unspecified atom stereocenters. The summed E-state index contributed by atoms with van der Waals surface area (Å²) in [6.45, 7) is 10.6. The zero-order valence-corrected chi connectivity index (χ0v) is 14.4. The topological polar surface area (TPSA) is 50.9 Å². The lowest BCUT2D eigenvalue weighted by molar-refractivity contribution is 0.398. The molecule has 20 heavy (non-hydrogen) atoms. The summed E-state index contributed by atoms with van der Waals surface area (Å²) in [4.78, 5) is 5.89. The highest BCUT2D eigenvalue weighted by molar-refractivity contribution is 7.11. The van der Waals surface area contributed by atoms with Crippen LogP contribution in [0.3, 0.4) is 0 Å². The van der Waals surface area contributed by atoms with Crippen LogP contribution in [-0.2, 0) is 0 Å². The lowest BCUT2D eigenvalue weighted by Crippen LogP contribution is -2.20. The Labute approximate surface area is 128 Å². The maximum absolute atomic E-state index is 5.69. The molecule has 0 aliphatic heterocycles. The van der Waals surface area contributed by atoms with Gasteiger partial charge in [-0.2, -0.15) is 0 Å². The number of rotatable bonds is 10. The third-order valence-electron chi connectivity index (χ3n) is 3.84. The second-order valence-electron chi connectivity index (χ2n) is 5.73. The van der Waals surface area contributed by atoms with Gasteiger partial charge < -0.3 is 11.1 Å². The molecule has 0 amide bonds. The van der Waals surface area contributed by atoms with Gasteiger partial charge in [0.15, 0.2) is 0 Å². The van der Waals surface area contributed by atoms with Crippen LogP contribution in [0.1, 0.15) is 67.6 Å². The Morgan fingerprint density at radius 2 is 2.00 bits per heavy atom. The molecule has 1 aromatic rings. The SMILES string of the molecule is CCCC(CCN)CCCNC(C)c1sc(C)nc1C. The Morgan fingerprint density at radius 1 is 1.25 bits per heavy atom. The minimum absolute atomic E-state index is 0.417. The van der Waals surface area contributed by atoms with Gasteiger partial charge in [-0.1, -0.05) is 19.8 Å². The minimum atomic E-state index is 0.417. The van der Waals surface area contributed by atoms with Crippen molar-refractivity contribution < 1.29 is 0 Å². The van der Waals surface area contributed by atoms with Gasteiger partial charge >= 0.3 is 0 Å². The predicted molar refractivity (Wildman–Crippen MR) is 89.3 cm³/mol. The van der Waals surface area contributed by atoms with Crippen LogP contribution in [0.2, 0.25) is 0 Å². The first-order valence-corrected chi connectivity index (χ1v) is 8.77. The fourth-order valence-corrected chi connectivity index (χ4v) is 3.78. The molecule has 0 aliphatic carbocycles. The van der Waals surface area contributed by atoms with Gasteiger partial charge in [0.25, 0.3) is 0 Å². The van der Waals surface area contributed by atoms with Crippen LogP contribution in [0.5, 0.6) is 0 Å². The molecule has 0 saturated carbocycles. The van der Waals surface area contributed by atoms with Gasteiger partial charge in [0, 0.05) is 10.9 Å². The van der Waals surface area contributed by atoms with Crippen molar-refractivity contribution in [3.63, 3.8) is 0 Å². The molecule has 0 aromatic carbocycles. The van der Waals surface area contributed by atoms with Crippen molar-refractivity contribution in [2.45, 2.75) is 65.8 Å². The van der Waals surface area contributed by atoms with Gasteiger partial charge in [0.1, 0.15) is 0 Å². The molecule has 1 rings (SSSR count). The Balaban J connectivity index is 2.27. The number of nitrogens with two attached hydrogens (primary N) is 1. The smallest absolute Gasteiger partial charge is 0.0900 e. The van der Waals surface area contributed by atoms with Gasteiger partial charge in [0.05, 0.1) is 10.7 Å². The highest BCUT2D eigenvalue weighted by Gasteiger charge is 2.12. The van der Waals surface area contributed by atoms with Crippen LogP contribution >= 0.6 is 11.3 Å². The molecule has 0 bridgehead atoms. The van der Waals surface area contributed by atoms with E-state index in [1.165, 1.54) is 42.7 Å². The molecule has 3 nitrogen and oxygen atoms in total. The van der Waals surface area contributed by atoms with Crippen molar-refractivity contribution in [1.29, 1.82) is 0 Å². The van der Waals surface area contributed by atoms with E-state index in [9.17, 15) is 0 Å². The third kappa shape index (κ3) is 5.90. The summed E-state index contributed by atoms with van der Waals surface area (Å²) < 4.78 is 0. The summed E-state index contributed by atoms with van der Waals surface area (Å²) >= 11 is 1.81. The van der Waals surface area contributed by atoms with E-state index in [0.29, 0.717) is 6.04 Å². The van der Waals surface area contributed by atoms with Crippen LogP contribution in [0.15, 0.2) is 0 Å². The molecule has 4 heteroatoms. The number of aromatic nitrogens is 1. The summed E-state index contributed by atoms with van der Waals surface area (Å²) in [6.07, 6.45) is 6.31. The summed E-state index contributed by atoms with van der Waals surface area (Å²) in [7, 11) is 0. The Bertz CT molecular complexity index is 370. The fourth-order valence-electron chi connectivity index (χ4n) is 2.83. The third-order valence-corrected chi connectivity index (χ3v) is 5.10. The van der Waals surface area contributed by atoms with Crippen LogP contribution in [0.4, 0.5) is 0 Å². The molecule has 0 fully saturated rings. The maximum Gasteiger partial charge on any atom is 0.0900 e. The van der Waals surface area contributed by atoms with Gasteiger partial charge in [-0.3, -0.25) is 0 Å². The van der Waals surface area contributed by atoms with E-state index in [4.69, 9.17) is 5.73 Å². The van der Waals surface area contributed by atoms with Crippen LogP contribution < -0.4 is 11.1 Å². The molecule has 1 aromatic heterocycles. The molecule has 116 valence electrons. The van der Waals surface area contributed by atoms with E-state index < -0.39 is 0 Å². The molecule has 0 radical (unpaired) electrons. The van der Waals surface area contributed by atoms with Gasteiger partial charge in [0.2, 0.25) is 0 Å². The number of aryl methyl sites for hydroxylation is 2. The summed E-state index contributed by atoms with van der Waals surface area (Å²) in [5.74, 6) is 0.814. The Kier molecular flexibility index (Phi) is 8.34. The first-order chi connectivity index (χ1) is 9.58. The zero-order chi connectivity index (χ0) is 15.0.